The molecule has 0 radical (unpaired) electrons. The van der Waals surface area contributed by atoms with Crippen LogP contribution in [-0.2, 0) is 20.7 Å². The van der Waals surface area contributed by atoms with Crippen LogP contribution in [0.2, 0.25) is 10.0 Å². The Labute approximate surface area is 187 Å². The van der Waals surface area contributed by atoms with Gasteiger partial charge in [0.2, 0.25) is 0 Å². The average Bonchev–Trinajstić information content (AvgIpc) is 2.66. The highest BCUT2D eigenvalue weighted by Gasteiger charge is 2.17. The molecular formula is C22H28Cl2N2O4. The molecule has 164 valence electrons. The van der Waals surface area contributed by atoms with Crippen molar-refractivity contribution in [3.8, 4) is 0 Å². The van der Waals surface area contributed by atoms with Crippen molar-refractivity contribution in [1.82, 2.24) is 4.90 Å². The van der Waals surface area contributed by atoms with E-state index in [0.717, 1.165) is 31.3 Å². The smallest absolute Gasteiger partial charge is 0.311 e. The van der Waals surface area contributed by atoms with Gasteiger partial charge in [-0.1, -0.05) is 61.3 Å². The lowest BCUT2D eigenvalue weighted by Crippen LogP contribution is -2.36. The lowest BCUT2D eigenvalue weighted by atomic mass is 10.1. The van der Waals surface area contributed by atoms with E-state index in [0.29, 0.717) is 15.7 Å². The molecule has 2 rings (SSSR count). The van der Waals surface area contributed by atoms with Crippen LogP contribution in [0.25, 0.3) is 0 Å². The molecule has 30 heavy (non-hydrogen) atoms. The molecule has 0 aliphatic heterocycles. The zero-order valence-electron chi connectivity index (χ0n) is 17.6. The van der Waals surface area contributed by atoms with Gasteiger partial charge in [0.1, 0.15) is 0 Å². The van der Waals surface area contributed by atoms with E-state index in [4.69, 9.17) is 37.8 Å². The summed E-state index contributed by atoms with van der Waals surface area (Å²) in [6.07, 6.45) is -0.0905. The van der Waals surface area contributed by atoms with Gasteiger partial charge in [0, 0.05) is 12.6 Å². The van der Waals surface area contributed by atoms with Crippen LogP contribution in [0.5, 0.6) is 0 Å². The predicted molar refractivity (Wildman–Crippen MR) is 122 cm³/mol. The molecule has 2 aromatic carbocycles. The Morgan fingerprint density at radius 2 is 1.60 bits per heavy atom. The minimum Gasteiger partial charge on any atom is -0.481 e. The van der Waals surface area contributed by atoms with Gasteiger partial charge in [-0.2, -0.15) is 0 Å². The molecule has 1 unspecified atom stereocenters. The fourth-order valence-corrected chi connectivity index (χ4v) is 3.24. The summed E-state index contributed by atoms with van der Waals surface area (Å²) in [5, 5.41) is 11.7. The molecule has 0 bridgehead atoms. The zero-order chi connectivity index (χ0) is 22.7. The van der Waals surface area contributed by atoms with Gasteiger partial charge in [-0.3, -0.25) is 14.5 Å². The summed E-state index contributed by atoms with van der Waals surface area (Å²) >= 11 is 12.5. The lowest BCUT2D eigenvalue weighted by molar-refractivity contribution is -0.156. The summed E-state index contributed by atoms with van der Waals surface area (Å²) in [4.78, 5) is 23.4. The van der Waals surface area contributed by atoms with Crippen LogP contribution in [0.15, 0.2) is 42.5 Å². The minimum absolute atomic E-state index is 0.164. The van der Waals surface area contributed by atoms with Crippen LogP contribution in [0.3, 0.4) is 0 Å². The number of hydrogen-bond acceptors (Lipinski definition) is 5. The number of para-hydroxylation sites is 2. The molecule has 0 spiro atoms. The third kappa shape index (κ3) is 8.61. The molecule has 2 aromatic rings. The third-order valence-electron chi connectivity index (χ3n) is 4.20. The van der Waals surface area contributed by atoms with Crippen molar-refractivity contribution in [1.29, 1.82) is 0 Å². The number of carboxylic acids is 1. The SMILES string of the molecule is CC(=O)O.CCN(CC)C(C)OC(=O)Cc1ccccc1Nc1c(Cl)cccc1Cl. The van der Waals surface area contributed by atoms with Crippen molar-refractivity contribution >= 4 is 46.5 Å². The third-order valence-corrected chi connectivity index (χ3v) is 4.83. The first-order valence-corrected chi connectivity index (χ1v) is 10.4. The van der Waals surface area contributed by atoms with Crippen LogP contribution in [0.1, 0.15) is 33.3 Å². The zero-order valence-corrected chi connectivity index (χ0v) is 19.1. The number of rotatable bonds is 8. The molecule has 0 fully saturated rings. The normalized spacial score (nSPS) is 11.3. The predicted octanol–water partition coefficient (Wildman–Crippen LogP) is 5.60. The van der Waals surface area contributed by atoms with Crippen LogP contribution in [0.4, 0.5) is 11.4 Å². The van der Waals surface area contributed by atoms with E-state index in [1.807, 2.05) is 45.0 Å². The second-order valence-corrected chi connectivity index (χ2v) is 7.20. The summed E-state index contributed by atoms with van der Waals surface area (Å²) in [5.41, 5.74) is 2.21. The molecule has 0 saturated heterocycles. The Hall–Kier alpha value is -2.28. The molecule has 8 heteroatoms. The Bertz CT molecular complexity index is 817. The van der Waals surface area contributed by atoms with Gasteiger partial charge in [-0.25, -0.2) is 0 Å². The number of ether oxygens (including phenoxy) is 1. The first kappa shape index (κ1) is 25.8. The molecule has 1 atom stereocenters. The number of nitrogens with zero attached hydrogens (tertiary/aromatic N) is 1. The van der Waals surface area contributed by atoms with Gasteiger partial charge in [-0.05, 0) is 43.8 Å². The first-order chi connectivity index (χ1) is 14.2. The molecule has 0 aliphatic carbocycles. The lowest BCUT2D eigenvalue weighted by Gasteiger charge is -2.26. The number of benzene rings is 2. The van der Waals surface area contributed by atoms with Gasteiger partial charge in [0.25, 0.3) is 5.97 Å². The molecule has 0 aliphatic rings. The van der Waals surface area contributed by atoms with E-state index in [-0.39, 0.29) is 18.6 Å². The topological polar surface area (TPSA) is 78.9 Å². The second-order valence-electron chi connectivity index (χ2n) is 6.38. The molecular weight excluding hydrogens is 427 g/mol. The standard InChI is InChI=1S/C20H24Cl2N2O2.C2H4O2/c1-4-24(5-2)14(3)26-19(25)13-15-9-6-7-12-18(15)23-20-16(21)10-8-11-17(20)22;1-2(3)4/h6-12,14,23H,4-5,13H2,1-3H3;1H3,(H,3,4). The number of carboxylic acid groups (broad SMARTS) is 1. The summed E-state index contributed by atoms with van der Waals surface area (Å²) in [5.74, 6) is -1.11. The van der Waals surface area contributed by atoms with Crippen molar-refractivity contribution in [2.75, 3.05) is 18.4 Å². The Morgan fingerprint density at radius 1 is 1.07 bits per heavy atom. The Kier molecular flexibility index (Phi) is 11.3. The number of carbonyl (C=O) groups excluding carboxylic acids is 1. The highest BCUT2D eigenvalue weighted by atomic mass is 35.5. The van der Waals surface area contributed by atoms with Crippen LogP contribution in [-0.4, -0.2) is 41.3 Å². The summed E-state index contributed by atoms with van der Waals surface area (Å²) in [7, 11) is 0. The number of anilines is 2. The van der Waals surface area contributed by atoms with Gasteiger partial charge in [-0.15, -0.1) is 0 Å². The number of esters is 1. The van der Waals surface area contributed by atoms with E-state index < -0.39 is 5.97 Å². The molecule has 0 saturated carbocycles. The average molecular weight is 455 g/mol. The van der Waals surface area contributed by atoms with E-state index >= 15 is 0 Å². The Balaban J connectivity index is 0.00000103. The maximum Gasteiger partial charge on any atom is 0.311 e. The van der Waals surface area contributed by atoms with E-state index in [1.54, 1.807) is 18.2 Å². The molecule has 2 N–H and O–H groups in total. The van der Waals surface area contributed by atoms with Crippen molar-refractivity contribution in [3.05, 3.63) is 58.1 Å². The van der Waals surface area contributed by atoms with Crippen LogP contribution < -0.4 is 5.32 Å². The molecule has 0 heterocycles. The molecule has 0 aromatic heterocycles. The Morgan fingerprint density at radius 3 is 2.13 bits per heavy atom. The maximum atomic E-state index is 12.4. The van der Waals surface area contributed by atoms with Crippen LogP contribution in [0, 0.1) is 0 Å². The highest BCUT2D eigenvalue weighted by Crippen LogP contribution is 2.33. The molecule has 0 amide bonds. The van der Waals surface area contributed by atoms with Crippen molar-refractivity contribution in [3.63, 3.8) is 0 Å². The van der Waals surface area contributed by atoms with Crippen LogP contribution >= 0.6 is 23.2 Å². The summed E-state index contributed by atoms with van der Waals surface area (Å²) in [6, 6.07) is 12.9. The summed E-state index contributed by atoms with van der Waals surface area (Å²) < 4.78 is 5.56. The van der Waals surface area contributed by atoms with Gasteiger partial charge in [0.05, 0.1) is 22.2 Å². The van der Waals surface area contributed by atoms with E-state index in [9.17, 15) is 4.79 Å². The number of carbonyl (C=O) groups is 2. The first-order valence-electron chi connectivity index (χ1n) is 9.61. The monoisotopic (exact) mass is 454 g/mol. The van der Waals surface area contributed by atoms with Crippen molar-refractivity contribution in [2.45, 2.75) is 40.3 Å². The molecule has 6 nitrogen and oxygen atoms in total. The number of halogens is 2. The van der Waals surface area contributed by atoms with E-state index in [2.05, 4.69) is 10.2 Å². The van der Waals surface area contributed by atoms with E-state index in [1.165, 1.54) is 0 Å². The van der Waals surface area contributed by atoms with Gasteiger partial charge in [0.15, 0.2) is 6.23 Å². The summed E-state index contributed by atoms with van der Waals surface area (Å²) in [6.45, 7) is 8.71. The second kappa shape index (κ2) is 13.1. The quantitative estimate of drug-likeness (QED) is 0.399. The minimum atomic E-state index is -0.833. The maximum absolute atomic E-state index is 12.4. The van der Waals surface area contributed by atoms with Crippen molar-refractivity contribution in [2.24, 2.45) is 0 Å². The fourth-order valence-electron chi connectivity index (χ4n) is 2.75. The van der Waals surface area contributed by atoms with Gasteiger partial charge < -0.3 is 15.2 Å². The highest BCUT2D eigenvalue weighted by molar-refractivity contribution is 6.39. The van der Waals surface area contributed by atoms with Crippen molar-refractivity contribution < 1.29 is 19.4 Å². The number of aliphatic carboxylic acids is 1. The largest absolute Gasteiger partial charge is 0.481 e. The number of hydrogen-bond donors (Lipinski definition) is 2. The fraction of sp³-hybridized carbons (Fsp3) is 0.364. The van der Waals surface area contributed by atoms with Gasteiger partial charge >= 0.3 is 5.97 Å². The number of nitrogens with one attached hydrogen (secondary N) is 1.